The molecule has 54 valence electrons. The van der Waals surface area contributed by atoms with Gasteiger partial charge in [-0.05, 0) is 18.9 Å². The van der Waals surface area contributed by atoms with Crippen LogP contribution in [0, 0.1) is 5.92 Å². The Kier molecular flexibility index (Phi) is 5.21. The molecule has 0 aromatic heterocycles. The minimum Gasteiger partial charge on any atom is -0.358 e. The van der Waals surface area contributed by atoms with Crippen LogP contribution in [0.4, 0.5) is 0 Å². The molecule has 3 N–H and O–H groups in total. The van der Waals surface area contributed by atoms with Crippen molar-refractivity contribution in [1.29, 1.82) is 0 Å². The van der Waals surface area contributed by atoms with Gasteiger partial charge in [0.1, 0.15) is 0 Å². The lowest BCUT2D eigenvalue weighted by molar-refractivity contribution is -0.109. The van der Waals surface area contributed by atoms with Gasteiger partial charge in [-0.15, -0.1) is 0 Å². The van der Waals surface area contributed by atoms with Crippen LogP contribution in [-0.4, -0.2) is 19.5 Å². The van der Waals surface area contributed by atoms with Gasteiger partial charge in [0, 0.05) is 6.54 Å². The van der Waals surface area contributed by atoms with Crippen molar-refractivity contribution in [3.05, 3.63) is 0 Å². The van der Waals surface area contributed by atoms with E-state index in [0.717, 1.165) is 13.0 Å². The Hall–Kier alpha value is -0.570. The average molecular weight is 130 g/mol. The van der Waals surface area contributed by atoms with Crippen molar-refractivity contribution in [1.82, 2.24) is 5.32 Å². The van der Waals surface area contributed by atoms with Gasteiger partial charge in [0.2, 0.25) is 6.41 Å². The van der Waals surface area contributed by atoms with Crippen LogP contribution in [0.15, 0.2) is 0 Å². The van der Waals surface area contributed by atoms with E-state index >= 15 is 0 Å². The molecule has 0 aromatic carbocycles. The number of carbonyl (C=O) groups excluding carboxylic acids is 1. The summed E-state index contributed by atoms with van der Waals surface area (Å²) >= 11 is 0. The Bertz CT molecular complexity index is 75.5. The van der Waals surface area contributed by atoms with Crippen LogP contribution in [0.5, 0.6) is 0 Å². The highest BCUT2D eigenvalue weighted by Crippen LogP contribution is 1.95. The predicted molar refractivity (Wildman–Crippen MR) is 36.9 cm³/mol. The molecule has 1 amide bonds. The van der Waals surface area contributed by atoms with Gasteiger partial charge in [-0.1, -0.05) is 6.92 Å². The molecular weight excluding hydrogens is 116 g/mol. The second-order valence-corrected chi connectivity index (χ2v) is 2.21. The molecule has 0 heterocycles. The van der Waals surface area contributed by atoms with Crippen LogP contribution in [-0.2, 0) is 4.79 Å². The SMILES string of the molecule is C[C@H](CCN)CNC=O. The molecule has 0 rings (SSSR count). The van der Waals surface area contributed by atoms with Gasteiger partial charge in [-0.3, -0.25) is 4.79 Å². The second kappa shape index (κ2) is 5.56. The summed E-state index contributed by atoms with van der Waals surface area (Å²) in [6, 6.07) is 0. The highest BCUT2D eigenvalue weighted by atomic mass is 16.1. The first kappa shape index (κ1) is 8.43. The third kappa shape index (κ3) is 5.30. The molecule has 3 heteroatoms. The number of amides is 1. The molecule has 0 aromatic rings. The van der Waals surface area contributed by atoms with Gasteiger partial charge in [-0.2, -0.15) is 0 Å². The molecule has 0 saturated heterocycles. The van der Waals surface area contributed by atoms with Crippen molar-refractivity contribution >= 4 is 6.41 Å². The van der Waals surface area contributed by atoms with Gasteiger partial charge in [0.15, 0.2) is 0 Å². The van der Waals surface area contributed by atoms with Crippen molar-refractivity contribution in [2.45, 2.75) is 13.3 Å². The maximum absolute atomic E-state index is 9.77. The number of hydrogen-bond acceptors (Lipinski definition) is 2. The summed E-state index contributed by atoms with van der Waals surface area (Å²) in [4.78, 5) is 9.77. The zero-order chi connectivity index (χ0) is 7.11. The molecule has 0 aliphatic rings. The summed E-state index contributed by atoms with van der Waals surface area (Å²) in [5, 5.41) is 2.60. The van der Waals surface area contributed by atoms with Gasteiger partial charge < -0.3 is 11.1 Å². The van der Waals surface area contributed by atoms with Crippen LogP contribution in [0.2, 0.25) is 0 Å². The van der Waals surface area contributed by atoms with Crippen molar-refractivity contribution in [2.24, 2.45) is 11.7 Å². The minimum atomic E-state index is 0.500. The largest absolute Gasteiger partial charge is 0.358 e. The third-order valence-corrected chi connectivity index (χ3v) is 1.21. The molecule has 0 unspecified atom stereocenters. The number of carbonyl (C=O) groups is 1. The van der Waals surface area contributed by atoms with Crippen molar-refractivity contribution < 1.29 is 4.79 Å². The monoisotopic (exact) mass is 130 g/mol. The lowest BCUT2D eigenvalue weighted by atomic mass is 10.1. The zero-order valence-electron chi connectivity index (χ0n) is 5.76. The first-order valence-electron chi connectivity index (χ1n) is 3.18. The molecule has 0 aliphatic heterocycles. The van der Waals surface area contributed by atoms with E-state index in [1.807, 2.05) is 0 Å². The smallest absolute Gasteiger partial charge is 0.207 e. The highest BCUT2D eigenvalue weighted by Gasteiger charge is 1.96. The number of nitrogens with one attached hydrogen (secondary N) is 1. The zero-order valence-corrected chi connectivity index (χ0v) is 5.76. The fraction of sp³-hybridized carbons (Fsp3) is 0.833. The van der Waals surface area contributed by atoms with E-state index in [2.05, 4.69) is 12.2 Å². The minimum absolute atomic E-state index is 0.500. The van der Waals surface area contributed by atoms with Crippen LogP contribution in [0.25, 0.3) is 0 Å². The molecule has 0 radical (unpaired) electrons. The Morgan fingerprint density at radius 2 is 2.44 bits per heavy atom. The van der Waals surface area contributed by atoms with Crippen LogP contribution < -0.4 is 11.1 Å². The standard InChI is InChI=1S/C6H14N2O/c1-6(2-3-7)4-8-5-9/h5-6H,2-4,7H2,1H3,(H,8,9)/t6-/m1/s1. The molecule has 0 spiro atoms. The number of nitrogens with two attached hydrogens (primary N) is 1. The first-order valence-corrected chi connectivity index (χ1v) is 3.18. The quantitative estimate of drug-likeness (QED) is 0.503. The van der Waals surface area contributed by atoms with Gasteiger partial charge in [-0.25, -0.2) is 0 Å². The van der Waals surface area contributed by atoms with E-state index in [4.69, 9.17) is 5.73 Å². The van der Waals surface area contributed by atoms with Crippen LogP contribution >= 0.6 is 0 Å². The summed E-state index contributed by atoms with van der Waals surface area (Å²) in [5.74, 6) is 0.500. The van der Waals surface area contributed by atoms with E-state index in [-0.39, 0.29) is 0 Å². The van der Waals surface area contributed by atoms with Crippen LogP contribution in [0.3, 0.4) is 0 Å². The number of rotatable bonds is 5. The predicted octanol–water partition coefficient (Wildman–Crippen LogP) is -0.283. The van der Waals surface area contributed by atoms with Gasteiger partial charge >= 0.3 is 0 Å². The Labute approximate surface area is 55.6 Å². The fourth-order valence-electron chi connectivity index (χ4n) is 0.636. The Morgan fingerprint density at radius 3 is 2.89 bits per heavy atom. The molecular formula is C6H14N2O. The van der Waals surface area contributed by atoms with E-state index in [1.165, 1.54) is 0 Å². The molecule has 1 atom stereocenters. The molecule has 0 fully saturated rings. The maximum atomic E-state index is 9.77. The highest BCUT2D eigenvalue weighted by molar-refractivity contribution is 5.45. The molecule has 0 aliphatic carbocycles. The third-order valence-electron chi connectivity index (χ3n) is 1.21. The second-order valence-electron chi connectivity index (χ2n) is 2.21. The van der Waals surface area contributed by atoms with E-state index in [1.54, 1.807) is 0 Å². The van der Waals surface area contributed by atoms with Gasteiger partial charge in [0.05, 0.1) is 0 Å². The van der Waals surface area contributed by atoms with E-state index in [9.17, 15) is 4.79 Å². The summed E-state index contributed by atoms with van der Waals surface area (Å²) in [5.41, 5.74) is 5.29. The fourth-order valence-corrected chi connectivity index (χ4v) is 0.636. The Morgan fingerprint density at radius 1 is 1.78 bits per heavy atom. The Balaban J connectivity index is 3.04. The van der Waals surface area contributed by atoms with Crippen molar-refractivity contribution in [3.63, 3.8) is 0 Å². The first-order chi connectivity index (χ1) is 4.31. The van der Waals surface area contributed by atoms with E-state index < -0.39 is 0 Å². The van der Waals surface area contributed by atoms with E-state index in [0.29, 0.717) is 18.9 Å². The number of hydrogen-bond donors (Lipinski definition) is 2. The summed E-state index contributed by atoms with van der Waals surface area (Å²) < 4.78 is 0. The summed E-state index contributed by atoms with van der Waals surface area (Å²) in [6.45, 7) is 3.49. The molecule has 9 heavy (non-hydrogen) atoms. The summed E-state index contributed by atoms with van der Waals surface area (Å²) in [6.07, 6.45) is 1.69. The normalized spacial score (nSPS) is 12.7. The maximum Gasteiger partial charge on any atom is 0.207 e. The lowest BCUT2D eigenvalue weighted by Crippen LogP contribution is -2.21. The van der Waals surface area contributed by atoms with Crippen molar-refractivity contribution in [3.8, 4) is 0 Å². The molecule has 3 nitrogen and oxygen atoms in total. The molecule has 0 bridgehead atoms. The average Bonchev–Trinajstić information content (AvgIpc) is 1.85. The molecule has 0 saturated carbocycles. The lowest BCUT2D eigenvalue weighted by Gasteiger charge is -2.06. The topological polar surface area (TPSA) is 55.1 Å². The van der Waals surface area contributed by atoms with Crippen LogP contribution in [0.1, 0.15) is 13.3 Å². The summed E-state index contributed by atoms with van der Waals surface area (Å²) in [7, 11) is 0. The van der Waals surface area contributed by atoms with Crippen molar-refractivity contribution in [2.75, 3.05) is 13.1 Å². The van der Waals surface area contributed by atoms with Gasteiger partial charge in [0.25, 0.3) is 0 Å².